The molecule has 1 saturated carbocycles. The molecule has 1 aliphatic heterocycles. The predicted octanol–water partition coefficient (Wildman–Crippen LogP) is 3.66. The monoisotopic (exact) mass is 433 g/mol. The van der Waals surface area contributed by atoms with E-state index in [0.717, 1.165) is 9.87 Å². The van der Waals surface area contributed by atoms with Crippen LogP contribution in [0.15, 0.2) is 36.5 Å². The molecule has 0 radical (unpaired) electrons. The molecule has 2 fully saturated rings. The minimum Gasteiger partial charge on any atom is -0.344 e. The maximum Gasteiger partial charge on any atom is 0.274 e. The number of carbonyl (C=O) groups is 1. The minimum absolute atomic E-state index is 0.175. The predicted molar refractivity (Wildman–Crippen MR) is 114 cm³/mol. The van der Waals surface area contributed by atoms with E-state index >= 15 is 0 Å². The largest absolute Gasteiger partial charge is 0.344 e. The van der Waals surface area contributed by atoms with Crippen LogP contribution in [0.5, 0.6) is 0 Å². The zero-order valence-electron chi connectivity index (χ0n) is 16.6. The molecule has 1 aromatic carbocycles. The molecule has 10 heteroatoms. The summed E-state index contributed by atoms with van der Waals surface area (Å²) >= 11 is 0. The lowest BCUT2D eigenvalue weighted by molar-refractivity contribution is 0.102. The minimum atomic E-state index is -3.31. The van der Waals surface area contributed by atoms with Crippen molar-refractivity contribution >= 4 is 28.3 Å². The summed E-state index contributed by atoms with van der Waals surface area (Å²) in [5.41, 5.74) is 0.601. The molecule has 2 aliphatic rings. The van der Waals surface area contributed by atoms with Gasteiger partial charge in [0.05, 0.1) is 10.8 Å². The number of aryl methyl sites for hydroxylation is 1. The lowest BCUT2D eigenvalue weighted by Crippen LogP contribution is -2.63. The summed E-state index contributed by atoms with van der Waals surface area (Å²) in [7, 11) is -1.87. The number of benzene rings is 1. The first kappa shape index (κ1) is 20.6. The van der Waals surface area contributed by atoms with Crippen molar-refractivity contribution in [3.63, 3.8) is 0 Å². The van der Waals surface area contributed by atoms with Crippen LogP contribution in [-0.2, 0) is 5.54 Å². The molecular formula is C20H24FN5O3S. The quantitative estimate of drug-likeness (QED) is 0.504. The molecule has 30 heavy (non-hydrogen) atoms. The van der Waals surface area contributed by atoms with Crippen molar-refractivity contribution in [2.24, 2.45) is 0 Å². The van der Waals surface area contributed by atoms with Gasteiger partial charge in [0, 0.05) is 24.5 Å². The molecule has 1 amide bonds. The van der Waals surface area contributed by atoms with E-state index in [9.17, 15) is 18.3 Å². The van der Waals surface area contributed by atoms with E-state index in [1.54, 1.807) is 18.3 Å². The number of amides is 1. The Morgan fingerprint density at radius 3 is 2.87 bits per heavy atom. The Morgan fingerprint density at radius 1 is 1.40 bits per heavy atom. The Kier molecular flexibility index (Phi) is 4.95. The van der Waals surface area contributed by atoms with Crippen LogP contribution in [0.2, 0.25) is 0 Å². The molecule has 2 atom stereocenters. The number of pyridine rings is 1. The van der Waals surface area contributed by atoms with E-state index < -0.39 is 33.3 Å². The van der Waals surface area contributed by atoms with Crippen molar-refractivity contribution in [1.82, 2.24) is 14.6 Å². The van der Waals surface area contributed by atoms with Gasteiger partial charge in [-0.15, -0.1) is 10.8 Å². The molecule has 0 spiro atoms. The molecule has 2 heterocycles. The number of hydrogen-bond acceptors (Lipinski definition) is 5. The number of carbonyl (C=O) groups excluding carboxylic acids is 1. The lowest BCUT2D eigenvalue weighted by Gasteiger charge is -2.57. The third kappa shape index (κ3) is 3.21. The Bertz CT molecular complexity index is 1020. The molecule has 1 aromatic heterocycles. The number of halogens is 1. The van der Waals surface area contributed by atoms with Crippen LogP contribution >= 0.6 is 10.8 Å². The summed E-state index contributed by atoms with van der Waals surface area (Å²) in [4.78, 5) is 16.6. The number of aromatic nitrogens is 1. The van der Waals surface area contributed by atoms with Gasteiger partial charge in [-0.1, -0.05) is 6.07 Å². The van der Waals surface area contributed by atoms with Crippen molar-refractivity contribution in [3.05, 3.63) is 59.2 Å². The number of hydrogen-bond donors (Lipinski definition) is 5. The molecule has 5 N–H and O–H groups in total. The molecule has 160 valence electrons. The Hall–Kier alpha value is -2.69. The van der Waals surface area contributed by atoms with Gasteiger partial charge >= 0.3 is 0 Å². The van der Waals surface area contributed by atoms with E-state index in [-0.39, 0.29) is 17.2 Å². The van der Waals surface area contributed by atoms with Gasteiger partial charge < -0.3 is 10.6 Å². The van der Waals surface area contributed by atoms with E-state index in [1.165, 1.54) is 25.2 Å². The second kappa shape index (κ2) is 7.22. The second-order valence-electron chi connectivity index (χ2n) is 7.75. The Labute approximate surface area is 175 Å². The summed E-state index contributed by atoms with van der Waals surface area (Å²) < 4.78 is 37.6. The first-order chi connectivity index (χ1) is 14.1. The fraction of sp³-hybridized carbons (Fsp3) is 0.350. The SMILES string of the molecule is Cc1ccc(C(=O)Nc2ccc(F)c([C@]34CCC[C@H]3S(O)(O)N(C)C(=N)N4)c2)nc1. The average Bonchev–Trinajstić information content (AvgIpc) is 3.14. The normalized spacial score (nSPS) is 26.0. The number of rotatable bonds is 3. The molecule has 4 rings (SSSR count). The number of fused-ring (bicyclic) bond motifs is 1. The molecule has 8 nitrogen and oxygen atoms in total. The summed E-state index contributed by atoms with van der Waals surface area (Å²) in [6.07, 6.45) is 3.16. The third-order valence-corrected chi connectivity index (χ3v) is 8.27. The fourth-order valence-electron chi connectivity index (χ4n) is 4.28. The standard InChI is InChI=1S/C20H24FN5O3S/c1-12-5-8-16(23-11-12)18(27)24-13-6-7-15(21)14(10-13)20-9-3-4-17(20)30(28,29)26(2)19(22)25-20/h5-8,10-11,17,28-29H,3-4,9H2,1-2H3,(H2,22,25)(H,24,27)/t17-,20-/m1/s1. The molecule has 2 aromatic rings. The van der Waals surface area contributed by atoms with Gasteiger partial charge in [-0.25, -0.2) is 8.70 Å². The van der Waals surface area contributed by atoms with Crippen molar-refractivity contribution in [2.45, 2.75) is 37.0 Å². The van der Waals surface area contributed by atoms with Crippen molar-refractivity contribution in [2.75, 3.05) is 12.4 Å². The van der Waals surface area contributed by atoms with Crippen molar-refractivity contribution in [3.8, 4) is 0 Å². The van der Waals surface area contributed by atoms with E-state index in [1.807, 2.05) is 6.92 Å². The zero-order valence-corrected chi connectivity index (χ0v) is 17.5. The van der Waals surface area contributed by atoms with Gasteiger partial charge in [0.15, 0.2) is 0 Å². The van der Waals surface area contributed by atoms with Gasteiger partial charge in [0.1, 0.15) is 11.5 Å². The van der Waals surface area contributed by atoms with Gasteiger partial charge in [-0.05, 0) is 56.0 Å². The fourth-order valence-corrected chi connectivity index (χ4v) is 6.30. The zero-order chi connectivity index (χ0) is 21.7. The number of anilines is 1. The number of nitrogens with one attached hydrogen (secondary N) is 3. The van der Waals surface area contributed by atoms with Crippen LogP contribution < -0.4 is 10.6 Å². The van der Waals surface area contributed by atoms with Crippen LogP contribution in [0.25, 0.3) is 0 Å². The highest BCUT2D eigenvalue weighted by Crippen LogP contribution is 2.62. The van der Waals surface area contributed by atoms with Crippen molar-refractivity contribution < 1.29 is 18.3 Å². The van der Waals surface area contributed by atoms with Crippen LogP contribution in [0.4, 0.5) is 10.1 Å². The average molecular weight is 434 g/mol. The van der Waals surface area contributed by atoms with Crippen LogP contribution in [-0.4, -0.2) is 42.6 Å². The van der Waals surface area contributed by atoms with E-state index in [2.05, 4.69) is 15.6 Å². The topological polar surface area (TPSA) is 122 Å². The maximum atomic E-state index is 15.0. The van der Waals surface area contributed by atoms with Gasteiger partial charge in [0.25, 0.3) is 5.91 Å². The van der Waals surface area contributed by atoms with Crippen LogP contribution in [0.3, 0.4) is 0 Å². The Morgan fingerprint density at radius 2 is 2.17 bits per heavy atom. The molecule has 0 unspecified atom stereocenters. The summed E-state index contributed by atoms with van der Waals surface area (Å²) in [6.45, 7) is 1.87. The molecule has 1 aliphatic carbocycles. The second-order valence-corrected chi connectivity index (χ2v) is 9.99. The maximum absolute atomic E-state index is 15.0. The number of nitrogens with zero attached hydrogens (tertiary/aromatic N) is 2. The summed E-state index contributed by atoms with van der Waals surface area (Å²) in [5, 5.41) is 13.2. The van der Waals surface area contributed by atoms with Gasteiger partial charge in [-0.2, -0.15) is 0 Å². The highest BCUT2D eigenvalue weighted by molar-refractivity contribution is 8.23. The van der Waals surface area contributed by atoms with Crippen LogP contribution in [0.1, 0.15) is 40.9 Å². The lowest BCUT2D eigenvalue weighted by atomic mass is 9.86. The van der Waals surface area contributed by atoms with Gasteiger partial charge in [0.2, 0.25) is 5.96 Å². The summed E-state index contributed by atoms with van der Waals surface area (Å²) in [6, 6.07) is 7.58. The van der Waals surface area contributed by atoms with Gasteiger partial charge in [-0.3, -0.25) is 24.3 Å². The smallest absolute Gasteiger partial charge is 0.274 e. The van der Waals surface area contributed by atoms with Crippen molar-refractivity contribution in [1.29, 1.82) is 5.41 Å². The highest BCUT2D eigenvalue weighted by Gasteiger charge is 2.57. The summed E-state index contributed by atoms with van der Waals surface area (Å²) in [5.74, 6) is -1.14. The van der Waals surface area contributed by atoms with E-state index in [0.29, 0.717) is 24.9 Å². The molecule has 0 bridgehead atoms. The third-order valence-electron chi connectivity index (χ3n) is 5.88. The first-order valence-electron chi connectivity index (χ1n) is 9.57. The van der Waals surface area contributed by atoms with Crippen LogP contribution in [0, 0.1) is 18.2 Å². The first-order valence-corrected chi connectivity index (χ1v) is 11.1. The molecule has 1 saturated heterocycles. The highest BCUT2D eigenvalue weighted by atomic mass is 32.3. The number of guanidine groups is 1. The Balaban J connectivity index is 1.70. The van der Waals surface area contributed by atoms with E-state index in [4.69, 9.17) is 5.41 Å². The molecular weight excluding hydrogens is 409 g/mol.